The molecule has 2 amide bonds. The van der Waals surface area contributed by atoms with Gasteiger partial charge in [-0.3, -0.25) is 24.0 Å². The zero-order chi connectivity index (χ0) is 27.2. The van der Waals surface area contributed by atoms with Gasteiger partial charge in [-0.2, -0.15) is 8.78 Å². The van der Waals surface area contributed by atoms with E-state index in [4.69, 9.17) is 5.11 Å². The molecule has 10 nitrogen and oxygen atoms in total. The molecule has 0 radical (unpaired) electrons. The number of carboxylic acids is 1. The van der Waals surface area contributed by atoms with Crippen LogP contribution in [0.1, 0.15) is 32.7 Å². The molecule has 0 saturated heterocycles. The molecule has 194 valence electrons. The number of ether oxygens (including phenoxy) is 1. The highest BCUT2D eigenvalue weighted by Gasteiger charge is 2.30. The van der Waals surface area contributed by atoms with Crippen LogP contribution in [0.3, 0.4) is 0 Å². The predicted octanol–water partition coefficient (Wildman–Crippen LogP) is 1.92. The minimum Gasteiger partial charge on any atom is -0.481 e. The maximum absolute atomic E-state index is 13.8. The first-order valence-corrected chi connectivity index (χ1v) is 10.4. The Morgan fingerprint density at radius 3 is 2.25 bits per heavy atom. The first-order chi connectivity index (χ1) is 16.9. The van der Waals surface area contributed by atoms with Gasteiger partial charge in [-0.1, -0.05) is 6.92 Å². The Hall–Kier alpha value is -4.23. The van der Waals surface area contributed by atoms with Crippen LogP contribution in [0.25, 0.3) is 0 Å². The van der Waals surface area contributed by atoms with Gasteiger partial charge in [0.1, 0.15) is 24.4 Å². The van der Waals surface area contributed by atoms with E-state index in [1.54, 1.807) is 0 Å². The molecule has 1 aromatic heterocycles. The zero-order valence-electron chi connectivity index (χ0n) is 18.9. The SMILES string of the molecule is CC[C@@H](C(=O)NC(CC(=O)O)C(=O)COc1c(F)c(F)cc(F)c1F)n1cccc(NC(C)=O)c1=O. The molecular weight excluding hydrogens is 494 g/mol. The van der Waals surface area contributed by atoms with Crippen molar-refractivity contribution in [2.75, 3.05) is 11.9 Å². The summed E-state index contributed by atoms with van der Waals surface area (Å²) < 4.78 is 59.7. The van der Waals surface area contributed by atoms with E-state index in [1.165, 1.54) is 32.2 Å². The lowest BCUT2D eigenvalue weighted by Gasteiger charge is -2.22. The lowest BCUT2D eigenvalue weighted by atomic mass is 10.1. The Morgan fingerprint density at radius 2 is 1.72 bits per heavy atom. The number of carbonyl (C=O) groups is 4. The van der Waals surface area contributed by atoms with Crippen LogP contribution in [0.15, 0.2) is 29.2 Å². The number of ketones is 1. The van der Waals surface area contributed by atoms with E-state index in [0.29, 0.717) is 0 Å². The highest BCUT2D eigenvalue weighted by Crippen LogP contribution is 2.26. The Labute approximate surface area is 200 Å². The standard InChI is InChI=1S/C22H21F4N3O7/c1-3-15(29-6-4-5-13(22(29)35)27-10(2)30)21(34)28-14(8-17(32)33)16(31)9-36-20-18(25)11(23)7-12(24)19(20)26/h4-7,14-15H,3,8-9H2,1-2H3,(H,27,30)(H,28,34)(H,32,33)/t14?,15-/m0/s1. The van der Waals surface area contributed by atoms with Crippen LogP contribution in [0.5, 0.6) is 5.75 Å². The Kier molecular flexibility index (Phi) is 9.30. The smallest absolute Gasteiger partial charge is 0.305 e. The molecule has 0 bridgehead atoms. The van der Waals surface area contributed by atoms with Crippen LogP contribution >= 0.6 is 0 Å². The second-order valence-electron chi connectivity index (χ2n) is 7.45. The largest absolute Gasteiger partial charge is 0.481 e. The first kappa shape index (κ1) is 28.0. The number of Topliss-reactive ketones (excluding diaryl/α,β-unsaturated/α-hetero) is 1. The molecule has 2 rings (SSSR count). The molecule has 36 heavy (non-hydrogen) atoms. The van der Waals surface area contributed by atoms with Crippen molar-refractivity contribution in [2.24, 2.45) is 0 Å². The minimum absolute atomic E-state index is 0.00125. The fourth-order valence-electron chi connectivity index (χ4n) is 3.16. The molecule has 2 atom stereocenters. The average Bonchev–Trinajstić information content (AvgIpc) is 2.79. The third-order valence-electron chi connectivity index (χ3n) is 4.82. The van der Waals surface area contributed by atoms with E-state index in [2.05, 4.69) is 15.4 Å². The highest BCUT2D eigenvalue weighted by atomic mass is 19.2. The number of anilines is 1. The van der Waals surface area contributed by atoms with Crippen LogP contribution in [-0.2, 0) is 19.2 Å². The van der Waals surface area contributed by atoms with E-state index >= 15 is 0 Å². The highest BCUT2D eigenvalue weighted by molar-refractivity contribution is 5.93. The summed E-state index contributed by atoms with van der Waals surface area (Å²) in [6.07, 6.45) is 0.259. The normalized spacial score (nSPS) is 12.4. The second kappa shape index (κ2) is 12.0. The van der Waals surface area contributed by atoms with Crippen LogP contribution in [0.2, 0.25) is 0 Å². The number of hydrogen-bond acceptors (Lipinski definition) is 6. The average molecular weight is 515 g/mol. The second-order valence-corrected chi connectivity index (χ2v) is 7.45. The molecule has 0 aliphatic carbocycles. The number of carbonyl (C=O) groups excluding carboxylic acids is 3. The maximum Gasteiger partial charge on any atom is 0.305 e. The number of amides is 2. The first-order valence-electron chi connectivity index (χ1n) is 10.4. The lowest BCUT2D eigenvalue weighted by molar-refractivity contribution is -0.140. The summed E-state index contributed by atoms with van der Waals surface area (Å²) in [5.74, 6) is -13.2. The van der Waals surface area contributed by atoms with Gasteiger partial charge in [-0.05, 0) is 18.6 Å². The van der Waals surface area contributed by atoms with Gasteiger partial charge in [-0.15, -0.1) is 0 Å². The van der Waals surface area contributed by atoms with Crippen molar-refractivity contribution in [3.05, 3.63) is 58.0 Å². The Bertz CT molecular complexity index is 1220. The van der Waals surface area contributed by atoms with Crippen molar-refractivity contribution in [2.45, 2.75) is 38.8 Å². The van der Waals surface area contributed by atoms with Gasteiger partial charge < -0.3 is 25.0 Å². The van der Waals surface area contributed by atoms with Gasteiger partial charge in [0.2, 0.25) is 23.4 Å². The molecule has 1 heterocycles. The number of aromatic nitrogens is 1. The van der Waals surface area contributed by atoms with Gasteiger partial charge in [0.25, 0.3) is 5.56 Å². The van der Waals surface area contributed by atoms with Crippen LogP contribution in [-0.4, -0.2) is 45.9 Å². The van der Waals surface area contributed by atoms with Gasteiger partial charge in [-0.25, -0.2) is 8.78 Å². The number of benzene rings is 1. The van der Waals surface area contributed by atoms with Crippen molar-refractivity contribution in [3.8, 4) is 5.75 Å². The fourth-order valence-corrected chi connectivity index (χ4v) is 3.16. The molecule has 0 saturated carbocycles. The topological polar surface area (TPSA) is 144 Å². The maximum atomic E-state index is 13.8. The predicted molar refractivity (Wildman–Crippen MR) is 115 cm³/mol. The van der Waals surface area contributed by atoms with Gasteiger partial charge in [0, 0.05) is 19.2 Å². The summed E-state index contributed by atoms with van der Waals surface area (Å²) in [5.41, 5.74) is -0.882. The van der Waals surface area contributed by atoms with E-state index in [0.717, 1.165) is 4.57 Å². The number of pyridine rings is 1. The van der Waals surface area contributed by atoms with Crippen molar-refractivity contribution in [3.63, 3.8) is 0 Å². The molecular formula is C22H21F4N3O7. The molecule has 3 N–H and O–H groups in total. The lowest BCUT2D eigenvalue weighted by Crippen LogP contribution is -2.48. The van der Waals surface area contributed by atoms with E-state index in [9.17, 15) is 41.5 Å². The summed E-state index contributed by atoms with van der Waals surface area (Å²) >= 11 is 0. The number of halogens is 4. The molecule has 0 aliphatic heterocycles. The number of carboxylic acid groups (broad SMARTS) is 1. The van der Waals surface area contributed by atoms with Gasteiger partial charge >= 0.3 is 5.97 Å². The molecule has 1 aromatic carbocycles. The number of hydrogen-bond donors (Lipinski definition) is 3. The van der Waals surface area contributed by atoms with Crippen LogP contribution in [0, 0.1) is 23.3 Å². The number of nitrogens with zero attached hydrogens (tertiary/aromatic N) is 1. The van der Waals surface area contributed by atoms with Crippen molar-refractivity contribution in [1.29, 1.82) is 0 Å². The third kappa shape index (κ3) is 6.67. The van der Waals surface area contributed by atoms with E-state index in [-0.39, 0.29) is 18.2 Å². The number of aliphatic carboxylic acids is 1. The van der Waals surface area contributed by atoms with Crippen molar-refractivity contribution in [1.82, 2.24) is 9.88 Å². The van der Waals surface area contributed by atoms with E-state index < -0.39 is 83.3 Å². The van der Waals surface area contributed by atoms with Crippen molar-refractivity contribution >= 4 is 29.3 Å². The minimum atomic E-state index is -1.91. The number of nitrogens with one attached hydrogen (secondary N) is 2. The Balaban J connectivity index is 2.26. The van der Waals surface area contributed by atoms with Gasteiger partial charge in [0.05, 0.1) is 6.42 Å². The summed E-state index contributed by atoms with van der Waals surface area (Å²) in [6, 6.07) is -0.434. The van der Waals surface area contributed by atoms with Gasteiger partial charge in [0.15, 0.2) is 23.2 Å². The molecule has 14 heteroatoms. The van der Waals surface area contributed by atoms with Crippen LogP contribution in [0.4, 0.5) is 23.2 Å². The zero-order valence-corrected chi connectivity index (χ0v) is 18.9. The molecule has 0 fully saturated rings. The summed E-state index contributed by atoms with van der Waals surface area (Å²) in [7, 11) is 0. The van der Waals surface area contributed by atoms with E-state index in [1.807, 2.05) is 0 Å². The quantitative estimate of drug-likeness (QED) is 0.306. The Morgan fingerprint density at radius 1 is 1.11 bits per heavy atom. The summed E-state index contributed by atoms with van der Waals surface area (Å²) in [4.78, 5) is 60.5. The molecule has 0 aliphatic rings. The fraction of sp³-hybridized carbons (Fsp3) is 0.318. The third-order valence-corrected chi connectivity index (χ3v) is 4.82. The van der Waals surface area contributed by atoms with Crippen molar-refractivity contribution < 1.29 is 46.6 Å². The summed E-state index contributed by atoms with van der Waals surface area (Å²) in [5, 5.41) is 13.6. The molecule has 2 aromatic rings. The van der Waals surface area contributed by atoms with Crippen LogP contribution < -0.4 is 20.9 Å². The monoisotopic (exact) mass is 515 g/mol. The number of rotatable bonds is 11. The molecule has 1 unspecified atom stereocenters. The summed E-state index contributed by atoms with van der Waals surface area (Å²) in [6.45, 7) is 1.44. The molecule has 0 spiro atoms.